The average molecular weight is 465 g/mol. The number of amides is 2. The second kappa shape index (κ2) is 9.66. The Kier molecular flexibility index (Phi) is 6.90. The molecule has 32 heavy (non-hydrogen) atoms. The molecule has 2 fully saturated rings. The second-order valence-corrected chi connectivity index (χ2v) is 10.6. The van der Waals surface area contributed by atoms with Crippen LogP contribution >= 0.6 is 0 Å². The number of sulfonamides is 1. The van der Waals surface area contributed by atoms with Crippen LogP contribution in [0.3, 0.4) is 0 Å². The molecule has 1 atom stereocenters. The fraction of sp³-hybridized carbons (Fsp3) is 0.636. The van der Waals surface area contributed by atoms with Gasteiger partial charge in [-0.3, -0.25) is 4.79 Å². The van der Waals surface area contributed by atoms with Gasteiger partial charge in [0.2, 0.25) is 10.0 Å². The number of hydrogen-bond acceptors (Lipinski definition) is 6. The van der Waals surface area contributed by atoms with Gasteiger partial charge in [0.25, 0.3) is 5.91 Å². The molecule has 0 saturated carbocycles. The second-order valence-electron chi connectivity index (χ2n) is 8.57. The number of nitrogens with zero attached hydrogens (tertiary/aromatic N) is 3. The molecule has 0 radical (unpaired) electrons. The molecule has 4 rings (SSSR count). The highest BCUT2D eigenvalue weighted by atomic mass is 32.2. The minimum Gasteiger partial charge on any atom is -0.450 e. The van der Waals surface area contributed by atoms with Gasteiger partial charge in [-0.2, -0.15) is 4.31 Å². The molecule has 1 unspecified atom stereocenters. The Morgan fingerprint density at radius 2 is 1.66 bits per heavy atom. The van der Waals surface area contributed by atoms with E-state index in [0.29, 0.717) is 62.9 Å². The summed E-state index contributed by atoms with van der Waals surface area (Å²) in [6, 6.07) is 0. The Morgan fingerprint density at radius 3 is 2.31 bits per heavy atom. The molecule has 0 bridgehead atoms. The highest BCUT2D eigenvalue weighted by molar-refractivity contribution is 7.93. The first-order valence-electron chi connectivity index (χ1n) is 11.5. The zero-order chi connectivity index (χ0) is 22.7. The van der Waals surface area contributed by atoms with Gasteiger partial charge in [0, 0.05) is 50.9 Å². The number of hydrogen-bond donors (Lipinski definition) is 1. The van der Waals surface area contributed by atoms with Crippen LogP contribution in [0.5, 0.6) is 0 Å². The molecule has 0 spiro atoms. The van der Waals surface area contributed by atoms with Crippen LogP contribution in [-0.2, 0) is 19.6 Å². The van der Waals surface area contributed by atoms with E-state index in [4.69, 9.17) is 4.74 Å². The summed E-state index contributed by atoms with van der Waals surface area (Å²) in [6.07, 6.45) is 9.28. The summed E-state index contributed by atoms with van der Waals surface area (Å²) in [4.78, 5) is 28.6. The molecule has 9 nitrogen and oxygen atoms in total. The monoisotopic (exact) mass is 464 g/mol. The maximum Gasteiger partial charge on any atom is 0.409 e. The van der Waals surface area contributed by atoms with Crippen molar-refractivity contribution in [3.8, 4) is 0 Å². The van der Waals surface area contributed by atoms with E-state index in [1.165, 1.54) is 0 Å². The standard InChI is InChI=1S/C22H32N4O5S/c1-2-31-22(28)25-13-11-24(12-14-25)21(27)20-16-17-15-18(7-8-19(17)23-20)32(29,30)26-9-5-3-4-6-10-26/h7-8,16-17,23H,2-6,9-15H2,1H3. The molecule has 0 aromatic heterocycles. The van der Waals surface area contributed by atoms with Crippen LogP contribution in [0.4, 0.5) is 4.79 Å². The van der Waals surface area contributed by atoms with E-state index >= 15 is 0 Å². The van der Waals surface area contributed by atoms with Crippen LogP contribution in [-0.4, -0.2) is 80.4 Å². The Morgan fingerprint density at radius 1 is 1.00 bits per heavy atom. The number of carbonyl (C=O) groups is 2. The van der Waals surface area contributed by atoms with Crippen LogP contribution in [0.15, 0.2) is 34.5 Å². The highest BCUT2D eigenvalue weighted by Crippen LogP contribution is 2.35. The van der Waals surface area contributed by atoms with Gasteiger partial charge in [-0.25, -0.2) is 13.2 Å². The summed E-state index contributed by atoms with van der Waals surface area (Å²) in [5, 5.41) is 3.18. The normalized spacial score (nSPS) is 24.5. The minimum atomic E-state index is -3.48. The summed E-state index contributed by atoms with van der Waals surface area (Å²) in [7, 11) is -3.48. The molecule has 0 aromatic carbocycles. The molecule has 2 amide bonds. The van der Waals surface area contributed by atoms with Crippen LogP contribution in [0.2, 0.25) is 0 Å². The topological polar surface area (TPSA) is 99.3 Å². The predicted molar refractivity (Wildman–Crippen MR) is 120 cm³/mol. The first kappa shape index (κ1) is 22.8. The summed E-state index contributed by atoms with van der Waals surface area (Å²) in [6.45, 7) is 5.00. The van der Waals surface area contributed by atoms with Crippen LogP contribution < -0.4 is 5.32 Å². The number of carbonyl (C=O) groups excluding carboxylic acids is 2. The first-order chi connectivity index (χ1) is 15.4. The van der Waals surface area contributed by atoms with E-state index in [9.17, 15) is 18.0 Å². The number of rotatable bonds is 4. The zero-order valence-electron chi connectivity index (χ0n) is 18.6. The maximum absolute atomic E-state index is 13.1. The zero-order valence-corrected chi connectivity index (χ0v) is 19.4. The third-order valence-corrected chi connectivity index (χ3v) is 8.49. The maximum atomic E-state index is 13.1. The van der Waals surface area contributed by atoms with Crippen LogP contribution in [0, 0.1) is 5.92 Å². The van der Waals surface area contributed by atoms with E-state index in [1.54, 1.807) is 33.2 Å². The first-order valence-corrected chi connectivity index (χ1v) is 12.9. The summed E-state index contributed by atoms with van der Waals surface area (Å²) in [5.74, 6) is -0.266. The quantitative estimate of drug-likeness (QED) is 0.681. The largest absolute Gasteiger partial charge is 0.450 e. The number of fused-ring (bicyclic) bond motifs is 1. The Labute approximate surface area is 189 Å². The SMILES string of the molecule is CCOC(=O)N1CCN(C(=O)C2=CC3CC(S(=O)(=O)N4CCCCCC4)=CC=C3N2)CC1. The van der Waals surface area contributed by atoms with Gasteiger partial charge in [0.05, 0.1) is 11.5 Å². The van der Waals surface area contributed by atoms with Gasteiger partial charge in [-0.15, -0.1) is 0 Å². The molecular weight excluding hydrogens is 432 g/mol. The molecule has 176 valence electrons. The predicted octanol–water partition coefficient (Wildman–Crippen LogP) is 1.77. The van der Waals surface area contributed by atoms with E-state index in [2.05, 4.69) is 5.32 Å². The van der Waals surface area contributed by atoms with Gasteiger partial charge in [0.1, 0.15) is 5.70 Å². The number of piperazine rings is 1. The fourth-order valence-electron chi connectivity index (χ4n) is 4.62. The smallest absolute Gasteiger partial charge is 0.409 e. The van der Waals surface area contributed by atoms with Crippen molar-refractivity contribution in [2.75, 3.05) is 45.9 Å². The average Bonchev–Trinajstić information content (AvgIpc) is 3.02. The van der Waals surface area contributed by atoms with Gasteiger partial charge >= 0.3 is 6.09 Å². The molecule has 4 aliphatic rings. The van der Waals surface area contributed by atoms with E-state index in [-0.39, 0.29) is 17.9 Å². The van der Waals surface area contributed by atoms with Crippen molar-refractivity contribution in [2.24, 2.45) is 5.92 Å². The highest BCUT2D eigenvalue weighted by Gasteiger charge is 2.35. The van der Waals surface area contributed by atoms with Gasteiger partial charge in [-0.05, 0) is 44.4 Å². The number of nitrogens with one attached hydrogen (secondary N) is 1. The third kappa shape index (κ3) is 4.71. The Hall–Kier alpha value is -2.33. The number of allylic oxidation sites excluding steroid dienone is 4. The van der Waals surface area contributed by atoms with E-state index in [0.717, 1.165) is 31.4 Å². The summed E-state index contributed by atoms with van der Waals surface area (Å²) >= 11 is 0. The summed E-state index contributed by atoms with van der Waals surface area (Å²) < 4.78 is 32.9. The lowest BCUT2D eigenvalue weighted by Gasteiger charge is -2.34. The molecule has 1 aliphatic carbocycles. The molecule has 3 aliphatic heterocycles. The lowest BCUT2D eigenvalue weighted by Crippen LogP contribution is -2.51. The third-order valence-electron chi connectivity index (χ3n) is 6.48. The van der Waals surface area contributed by atoms with Crippen molar-refractivity contribution in [2.45, 2.75) is 39.0 Å². The molecular formula is C22H32N4O5S. The van der Waals surface area contributed by atoms with Crippen molar-refractivity contribution in [1.82, 2.24) is 19.4 Å². The lowest BCUT2D eigenvalue weighted by molar-refractivity contribution is -0.129. The Bertz CT molecular complexity index is 939. The van der Waals surface area contributed by atoms with Gasteiger partial charge in [-0.1, -0.05) is 12.8 Å². The Balaban J connectivity index is 1.37. The molecule has 3 heterocycles. The molecule has 0 aromatic rings. The van der Waals surface area contributed by atoms with Crippen molar-refractivity contribution < 1.29 is 22.7 Å². The lowest BCUT2D eigenvalue weighted by atomic mass is 9.99. The van der Waals surface area contributed by atoms with E-state index in [1.807, 2.05) is 6.08 Å². The van der Waals surface area contributed by atoms with Crippen molar-refractivity contribution >= 4 is 22.0 Å². The van der Waals surface area contributed by atoms with Crippen molar-refractivity contribution in [1.29, 1.82) is 0 Å². The van der Waals surface area contributed by atoms with Crippen LogP contribution in [0.25, 0.3) is 0 Å². The van der Waals surface area contributed by atoms with E-state index < -0.39 is 10.0 Å². The molecule has 10 heteroatoms. The molecule has 2 saturated heterocycles. The summed E-state index contributed by atoms with van der Waals surface area (Å²) in [5.41, 5.74) is 1.33. The van der Waals surface area contributed by atoms with Gasteiger partial charge in [0.15, 0.2) is 0 Å². The number of ether oxygens (including phenoxy) is 1. The van der Waals surface area contributed by atoms with Gasteiger partial charge < -0.3 is 19.9 Å². The van der Waals surface area contributed by atoms with Crippen molar-refractivity contribution in [3.63, 3.8) is 0 Å². The minimum absolute atomic E-state index is 0.124. The molecule has 1 N–H and O–H groups in total. The van der Waals surface area contributed by atoms with Crippen LogP contribution in [0.1, 0.15) is 39.0 Å². The van der Waals surface area contributed by atoms with Crippen molar-refractivity contribution in [3.05, 3.63) is 34.5 Å². The fourth-order valence-corrected chi connectivity index (χ4v) is 6.32.